The Morgan fingerprint density at radius 2 is 2.18 bits per heavy atom. The second kappa shape index (κ2) is 7.92. The van der Waals surface area contributed by atoms with Gasteiger partial charge in [0.2, 0.25) is 5.91 Å². The van der Waals surface area contributed by atoms with E-state index in [0.29, 0.717) is 18.1 Å². The zero-order valence-corrected chi connectivity index (χ0v) is 14.5. The molecule has 1 N–H and O–H groups in total. The monoisotopic (exact) mass is 339 g/mol. The van der Waals surface area contributed by atoms with Crippen molar-refractivity contribution < 1.29 is 14.7 Å². The summed E-state index contributed by atoms with van der Waals surface area (Å²) in [6, 6.07) is 6.02. The third kappa shape index (κ3) is 4.68. The quantitative estimate of drug-likeness (QED) is 0.836. The molecule has 0 aromatic heterocycles. The van der Waals surface area contributed by atoms with E-state index >= 15 is 0 Å². The van der Waals surface area contributed by atoms with Crippen LogP contribution in [0.3, 0.4) is 0 Å². The SMILES string of the molecule is Cc1ccc(SCC(=O)N2CCSCC2CC(=O)O)c(C)c1. The molecule has 1 amide bonds. The van der Waals surface area contributed by atoms with E-state index in [0.717, 1.165) is 10.6 Å². The molecule has 1 aromatic rings. The molecular formula is C16H21NO3S2. The van der Waals surface area contributed by atoms with Crippen molar-refractivity contribution in [2.24, 2.45) is 0 Å². The van der Waals surface area contributed by atoms with Crippen LogP contribution in [-0.4, -0.2) is 51.7 Å². The summed E-state index contributed by atoms with van der Waals surface area (Å²) < 4.78 is 0. The number of carboxylic acids is 1. The normalized spacial score (nSPS) is 18.3. The molecule has 1 heterocycles. The molecule has 22 heavy (non-hydrogen) atoms. The average Bonchev–Trinajstić information content (AvgIpc) is 2.46. The zero-order valence-electron chi connectivity index (χ0n) is 12.9. The van der Waals surface area contributed by atoms with Gasteiger partial charge < -0.3 is 10.0 Å². The van der Waals surface area contributed by atoms with Crippen LogP contribution >= 0.6 is 23.5 Å². The van der Waals surface area contributed by atoms with Gasteiger partial charge in [-0.1, -0.05) is 17.7 Å². The molecule has 1 aliphatic heterocycles. The fraction of sp³-hybridized carbons (Fsp3) is 0.500. The lowest BCUT2D eigenvalue weighted by Crippen LogP contribution is -2.47. The third-order valence-electron chi connectivity index (χ3n) is 3.64. The Kier molecular flexibility index (Phi) is 6.20. The second-order valence-electron chi connectivity index (χ2n) is 5.47. The summed E-state index contributed by atoms with van der Waals surface area (Å²) in [5, 5.41) is 8.98. The number of thioether (sulfide) groups is 2. The number of carbonyl (C=O) groups excluding carboxylic acids is 1. The highest BCUT2D eigenvalue weighted by Gasteiger charge is 2.28. The van der Waals surface area contributed by atoms with Gasteiger partial charge in [0.1, 0.15) is 0 Å². The molecule has 1 fully saturated rings. The molecule has 0 saturated carbocycles. The van der Waals surface area contributed by atoms with E-state index in [1.165, 1.54) is 22.9 Å². The predicted octanol–water partition coefficient (Wildman–Crippen LogP) is 2.81. The van der Waals surface area contributed by atoms with Crippen LogP contribution in [0.25, 0.3) is 0 Å². The van der Waals surface area contributed by atoms with Gasteiger partial charge in [0.05, 0.1) is 18.2 Å². The van der Waals surface area contributed by atoms with E-state index in [9.17, 15) is 9.59 Å². The lowest BCUT2D eigenvalue weighted by Gasteiger charge is -2.34. The number of aliphatic carboxylic acids is 1. The second-order valence-corrected chi connectivity index (χ2v) is 7.64. The molecule has 4 nitrogen and oxygen atoms in total. The number of hydrogen-bond donors (Lipinski definition) is 1. The summed E-state index contributed by atoms with van der Waals surface area (Å²) in [7, 11) is 0. The van der Waals surface area contributed by atoms with Crippen LogP contribution in [0.1, 0.15) is 17.5 Å². The highest BCUT2D eigenvalue weighted by Crippen LogP contribution is 2.25. The maximum atomic E-state index is 12.4. The van der Waals surface area contributed by atoms with Crippen LogP contribution in [-0.2, 0) is 9.59 Å². The van der Waals surface area contributed by atoms with Crippen LogP contribution < -0.4 is 0 Å². The van der Waals surface area contributed by atoms with E-state index in [2.05, 4.69) is 13.0 Å². The Bertz CT molecular complexity index is 562. The number of aryl methyl sites for hydroxylation is 2. The summed E-state index contributed by atoms with van der Waals surface area (Å²) in [4.78, 5) is 26.2. The maximum absolute atomic E-state index is 12.4. The summed E-state index contributed by atoms with van der Waals surface area (Å²) in [6.07, 6.45) is 0.0347. The van der Waals surface area contributed by atoms with Crippen LogP contribution in [0.5, 0.6) is 0 Å². The number of amides is 1. The summed E-state index contributed by atoms with van der Waals surface area (Å²) in [6.45, 7) is 4.74. The Balaban J connectivity index is 1.96. The molecule has 1 atom stereocenters. The third-order valence-corrected chi connectivity index (χ3v) is 5.89. The van der Waals surface area contributed by atoms with Crippen molar-refractivity contribution >= 4 is 35.4 Å². The first-order valence-electron chi connectivity index (χ1n) is 7.26. The molecule has 120 valence electrons. The molecule has 1 saturated heterocycles. The first kappa shape index (κ1) is 17.2. The Morgan fingerprint density at radius 3 is 2.86 bits per heavy atom. The maximum Gasteiger partial charge on any atom is 0.305 e. The van der Waals surface area contributed by atoms with Gasteiger partial charge in [0.25, 0.3) is 0 Å². The van der Waals surface area contributed by atoms with E-state index in [1.54, 1.807) is 16.7 Å². The van der Waals surface area contributed by atoms with Gasteiger partial charge in [-0.2, -0.15) is 11.8 Å². The molecule has 0 bridgehead atoms. The predicted molar refractivity (Wildman–Crippen MR) is 91.7 cm³/mol. The van der Waals surface area contributed by atoms with Crippen molar-refractivity contribution in [3.8, 4) is 0 Å². The standard InChI is InChI=1S/C16H21NO3S2/c1-11-3-4-14(12(2)7-11)22-10-15(18)17-5-6-21-9-13(17)8-16(19)20/h3-4,7,13H,5-6,8-10H2,1-2H3,(H,19,20). The topological polar surface area (TPSA) is 57.6 Å². The number of benzene rings is 1. The number of hydrogen-bond acceptors (Lipinski definition) is 4. The van der Waals surface area contributed by atoms with Crippen molar-refractivity contribution in [1.82, 2.24) is 4.90 Å². The first-order chi connectivity index (χ1) is 10.5. The largest absolute Gasteiger partial charge is 0.481 e. The van der Waals surface area contributed by atoms with Gasteiger partial charge in [-0.05, 0) is 25.5 Å². The highest BCUT2D eigenvalue weighted by atomic mass is 32.2. The lowest BCUT2D eigenvalue weighted by molar-refractivity contribution is -0.139. The minimum atomic E-state index is -0.840. The smallest absolute Gasteiger partial charge is 0.305 e. The summed E-state index contributed by atoms with van der Waals surface area (Å²) in [5.41, 5.74) is 2.39. The molecule has 2 rings (SSSR count). The summed E-state index contributed by atoms with van der Waals surface area (Å²) in [5.74, 6) is 1.16. The van der Waals surface area contributed by atoms with Crippen molar-refractivity contribution in [2.75, 3.05) is 23.8 Å². The number of rotatable bonds is 5. The first-order valence-corrected chi connectivity index (χ1v) is 9.40. The van der Waals surface area contributed by atoms with Gasteiger partial charge >= 0.3 is 5.97 Å². The Hall–Kier alpha value is -1.14. The molecule has 0 aliphatic carbocycles. The van der Waals surface area contributed by atoms with Crippen LogP contribution in [0, 0.1) is 13.8 Å². The molecular weight excluding hydrogens is 318 g/mol. The van der Waals surface area contributed by atoms with E-state index in [1.807, 2.05) is 19.1 Å². The van der Waals surface area contributed by atoms with E-state index < -0.39 is 5.97 Å². The van der Waals surface area contributed by atoms with Crippen molar-refractivity contribution in [1.29, 1.82) is 0 Å². The van der Waals surface area contributed by atoms with Crippen molar-refractivity contribution in [2.45, 2.75) is 31.2 Å². The van der Waals surface area contributed by atoms with Gasteiger partial charge in [-0.15, -0.1) is 11.8 Å². The van der Waals surface area contributed by atoms with E-state index in [-0.39, 0.29) is 18.4 Å². The molecule has 1 aliphatic rings. The van der Waals surface area contributed by atoms with Crippen LogP contribution in [0.4, 0.5) is 0 Å². The fourth-order valence-corrected chi connectivity index (χ4v) is 4.50. The number of carbonyl (C=O) groups is 2. The Morgan fingerprint density at radius 1 is 1.41 bits per heavy atom. The minimum Gasteiger partial charge on any atom is -0.481 e. The molecule has 0 radical (unpaired) electrons. The average molecular weight is 339 g/mol. The number of nitrogens with zero attached hydrogens (tertiary/aromatic N) is 1. The molecule has 1 unspecified atom stereocenters. The fourth-order valence-electron chi connectivity index (χ4n) is 2.54. The van der Waals surface area contributed by atoms with E-state index in [4.69, 9.17) is 5.11 Å². The lowest BCUT2D eigenvalue weighted by atomic mass is 10.2. The Labute approximate surface area is 139 Å². The highest BCUT2D eigenvalue weighted by molar-refractivity contribution is 8.00. The molecule has 0 spiro atoms. The summed E-state index contributed by atoms with van der Waals surface area (Å²) >= 11 is 3.25. The zero-order chi connectivity index (χ0) is 16.1. The van der Waals surface area contributed by atoms with Gasteiger partial charge in [-0.3, -0.25) is 9.59 Å². The van der Waals surface area contributed by atoms with Crippen LogP contribution in [0.15, 0.2) is 23.1 Å². The molecule has 1 aromatic carbocycles. The molecule has 6 heteroatoms. The van der Waals surface area contributed by atoms with Crippen molar-refractivity contribution in [3.05, 3.63) is 29.3 Å². The van der Waals surface area contributed by atoms with Gasteiger partial charge in [-0.25, -0.2) is 0 Å². The van der Waals surface area contributed by atoms with Crippen molar-refractivity contribution in [3.63, 3.8) is 0 Å². The van der Waals surface area contributed by atoms with Gasteiger partial charge in [0, 0.05) is 22.9 Å². The minimum absolute atomic E-state index is 0.0347. The number of carboxylic acid groups (broad SMARTS) is 1. The van der Waals surface area contributed by atoms with Crippen LogP contribution in [0.2, 0.25) is 0 Å². The van der Waals surface area contributed by atoms with Gasteiger partial charge in [0.15, 0.2) is 0 Å².